The second-order valence-electron chi connectivity index (χ2n) is 21.1. The van der Waals surface area contributed by atoms with Crippen LogP contribution in [0.15, 0.2) is 71.9 Å². The van der Waals surface area contributed by atoms with E-state index in [1.807, 2.05) is 14.0 Å². The molecule has 0 aromatic carbocycles. The molecule has 0 aromatic heterocycles. The summed E-state index contributed by atoms with van der Waals surface area (Å²) in [7, 11) is 8.43. The quantitative estimate of drug-likeness (QED) is 0.0545. The standard InChI is InChI=1S/C39H66O3.C16H25NO4.C3H8O2.C2H6O/c1-13-27(2)18-15-14-16-19-28(3)22-31(6)34(9)39(42-12)35(10)32(7)23-33(8)38(40)25-30(5)29(4)24-36-20-17-21-37(26-36)41-11;1-11(2)13-8-4-5-9-17(13)15(19)14(18)16(20)12(3)7-6-10-21-16;1-5-3-2-4;1-3-2/h14-16,18-19,23,28-31,33,35-37,39H,9,13,17,20-22,24-26H2,1-8,10-12H3;12-13,20H,1,4-10H2,2-3H3;4H,2-3H2,1H3;1-2H3/b15-14+,19-16+,27-18+,32-23+;;;/t28-,29-,30?,31?,33-,35-,36?,37?,39+;;;/m1.../s1. The predicted molar refractivity (Wildman–Crippen MR) is 293 cm³/mol. The summed E-state index contributed by atoms with van der Waals surface area (Å²) in [6.45, 7) is 33.3. The van der Waals surface area contributed by atoms with E-state index in [1.165, 1.54) is 43.3 Å². The number of methoxy groups -OCH3 is 4. The maximum atomic E-state index is 13.3. The minimum absolute atomic E-state index is 0.0675. The number of amides is 1. The van der Waals surface area contributed by atoms with E-state index in [2.05, 4.69) is 121 Å². The van der Waals surface area contributed by atoms with Crippen molar-refractivity contribution in [1.29, 1.82) is 0 Å². The van der Waals surface area contributed by atoms with Crippen molar-refractivity contribution < 1.29 is 48.3 Å². The van der Waals surface area contributed by atoms with E-state index >= 15 is 0 Å². The Morgan fingerprint density at radius 1 is 0.873 bits per heavy atom. The number of aliphatic hydroxyl groups excluding tert-OH is 1. The first kappa shape index (κ1) is 68.0. The fraction of sp³-hybridized carbons (Fsp3) is 0.750. The lowest BCUT2D eigenvalue weighted by Crippen LogP contribution is -2.58. The molecule has 0 aromatic rings. The van der Waals surface area contributed by atoms with Gasteiger partial charge in [0.05, 0.1) is 38.1 Å². The monoisotopic (exact) mass is 1000 g/mol. The second-order valence-corrected chi connectivity index (χ2v) is 21.1. The highest BCUT2D eigenvalue weighted by Crippen LogP contribution is 2.35. The normalized spacial score (nSPS) is 24.9. The number of likely N-dealkylation sites (tertiary alicyclic amines) is 1. The second kappa shape index (κ2) is 37.7. The number of aliphatic hydroxyl groups is 2. The SMILES string of the molecule is C=C(C(C)C[C@H](C)/C=C/C=C/C=C(\C)CC)[C@H](OC)[C@H](C)/C(C)=C/[C@@H](C)C(=O)CC(C)[C@H](C)CC1CCCC(OC)C1.C=C(C)C1CCCCN1C(=O)C(=O)C1(O)OCCCC1C.COC.COCCO. The molecule has 3 rings (SSSR count). The highest BCUT2D eigenvalue weighted by Gasteiger charge is 2.50. The van der Waals surface area contributed by atoms with Gasteiger partial charge in [0.1, 0.15) is 5.78 Å². The van der Waals surface area contributed by atoms with Gasteiger partial charge in [-0.3, -0.25) is 14.4 Å². The maximum Gasteiger partial charge on any atom is 0.296 e. The van der Waals surface area contributed by atoms with Gasteiger partial charge in [-0.1, -0.05) is 135 Å². The van der Waals surface area contributed by atoms with Crippen molar-refractivity contribution in [2.24, 2.45) is 47.3 Å². The summed E-state index contributed by atoms with van der Waals surface area (Å²) < 4.78 is 25.6. The number of nitrogens with zero attached hydrogens (tertiary/aromatic N) is 1. The summed E-state index contributed by atoms with van der Waals surface area (Å²) in [5.41, 5.74) is 4.60. The molecule has 2 N–H and O–H groups in total. The lowest BCUT2D eigenvalue weighted by atomic mass is 9.77. The molecule has 11 heteroatoms. The molecular weight excluding hydrogens is 895 g/mol. The molecule has 1 amide bonds. The largest absolute Gasteiger partial charge is 0.394 e. The van der Waals surface area contributed by atoms with Gasteiger partial charge in [0.25, 0.3) is 11.7 Å². The smallest absolute Gasteiger partial charge is 0.296 e. The Morgan fingerprint density at radius 2 is 1.54 bits per heavy atom. The molecule has 1 aliphatic carbocycles. The average molecular weight is 1000 g/mol. The van der Waals surface area contributed by atoms with Gasteiger partial charge in [-0.05, 0) is 120 Å². The van der Waals surface area contributed by atoms with Gasteiger partial charge >= 0.3 is 0 Å². The van der Waals surface area contributed by atoms with E-state index in [0.717, 1.165) is 55.6 Å². The van der Waals surface area contributed by atoms with Crippen molar-refractivity contribution in [2.45, 2.75) is 184 Å². The summed E-state index contributed by atoms with van der Waals surface area (Å²) in [6.07, 6.45) is 26.4. The first-order valence-corrected chi connectivity index (χ1v) is 26.9. The van der Waals surface area contributed by atoms with E-state index in [4.69, 9.17) is 19.3 Å². The summed E-state index contributed by atoms with van der Waals surface area (Å²) in [6, 6.07) is -0.113. The number of piperidine rings is 1. The number of ketones is 2. The zero-order valence-electron chi connectivity index (χ0n) is 47.9. The highest BCUT2D eigenvalue weighted by atomic mass is 16.6. The Labute approximate surface area is 434 Å². The van der Waals surface area contributed by atoms with Crippen LogP contribution in [-0.4, -0.2) is 119 Å². The molecule has 11 nitrogen and oxygen atoms in total. The van der Waals surface area contributed by atoms with Gasteiger partial charge in [0.15, 0.2) is 0 Å². The van der Waals surface area contributed by atoms with Crippen molar-refractivity contribution in [1.82, 2.24) is 4.90 Å². The number of allylic oxidation sites excluding steroid dienone is 7. The fourth-order valence-corrected chi connectivity index (χ4v) is 9.72. The topological polar surface area (TPSA) is 141 Å². The van der Waals surface area contributed by atoms with Gasteiger partial charge in [0, 0.05) is 66.3 Å². The van der Waals surface area contributed by atoms with Crippen LogP contribution in [0.4, 0.5) is 0 Å². The Kier molecular flexibility index (Phi) is 36.1. The third kappa shape index (κ3) is 25.2. The first-order chi connectivity index (χ1) is 33.5. The third-order valence-electron chi connectivity index (χ3n) is 15.0. The molecule has 1 saturated carbocycles. The Morgan fingerprint density at radius 3 is 2.08 bits per heavy atom. The molecule has 12 atom stereocenters. The molecule has 2 aliphatic heterocycles. The average Bonchev–Trinajstić information content (AvgIpc) is 3.35. The maximum absolute atomic E-state index is 13.3. The number of Topliss-reactive ketones (excluding diaryl/α,β-unsaturated/α-hetero) is 2. The molecule has 71 heavy (non-hydrogen) atoms. The van der Waals surface area contributed by atoms with Crippen LogP contribution in [0.2, 0.25) is 0 Å². The van der Waals surface area contributed by atoms with Crippen molar-refractivity contribution >= 4 is 17.5 Å². The van der Waals surface area contributed by atoms with Crippen LogP contribution in [0.1, 0.15) is 160 Å². The van der Waals surface area contributed by atoms with Crippen molar-refractivity contribution in [3.05, 3.63) is 71.9 Å². The third-order valence-corrected chi connectivity index (χ3v) is 15.0. The van der Waals surface area contributed by atoms with E-state index in [1.54, 1.807) is 40.3 Å². The Hall–Kier alpha value is -3.03. The number of hydrogen-bond acceptors (Lipinski definition) is 10. The van der Waals surface area contributed by atoms with Gasteiger partial charge in [0.2, 0.25) is 5.79 Å². The molecule has 3 fully saturated rings. The minimum Gasteiger partial charge on any atom is -0.394 e. The highest BCUT2D eigenvalue weighted by molar-refractivity contribution is 6.38. The predicted octanol–water partition coefficient (Wildman–Crippen LogP) is 12.3. The van der Waals surface area contributed by atoms with E-state index in [-0.39, 0.29) is 36.5 Å². The van der Waals surface area contributed by atoms with Gasteiger partial charge in [-0.15, -0.1) is 0 Å². The zero-order chi connectivity index (χ0) is 54.3. The van der Waals surface area contributed by atoms with Crippen LogP contribution < -0.4 is 0 Å². The number of carbonyl (C=O) groups excluding carboxylic acids is 3. The van der Waals surface area contributed by atoms with Crippen molar-refractivity contribution in [3.8, 4) is 0 Å². The molecular formula is C60H105NO10. The van der Waals surface area contributed by atoms with Crippen molar-refractivity contribution in [2.75, 3.05) is 61.9 Å². The van der Waals surface area contributed by atoms with Crippen molar-refractivity contribution in [3.63, 3.8) is 0 Å². The summed E-state index contributed by atoms with van der Waals surface area (Å²) >= 11 is 0. The van der Waals surface area contributed by atoms with Crippen LogP contribution >= 0.6 is 0 Å². The van der Waals surface area contributed by atoms with E-state index < -0.39 is 17.5 Å². The van der Waals surface area contributed by atoms with Crippen LogP contribution in [-0.2, 0) is 38.1 Å². The number of carbonyl (C=O) groups is 3. The molecule has 2 saturated heterocycles. The molecule has 3 aliphatic rings. The van der Waals surface area contributed by atoms with Gasteiger partial charge < -0.3 is 38.8 Å². The first-order valence-electron chi connectivity index (χ1n) is 26.9. The lowest BCUT2D eigenvalue weighted by Gasteiger charge is -2.40. The Balaban J connectivity index is 0.00000138. The molecule has 0 bridgehead atoms. The Bertz CT molecular complexity index is 1660. The zero-order valence-corrected chi connectivity index (χ0v) is 47.9. The minimum atomic E-state index is -1.97. The summed E-state index contributed by atoms with van der Waals surface area (Å²) in [5.74, 6) is -0.935. The van der Waals surface area contributed by atoms with E-state index in [0.29, 0.717) is 68.2 Å². The molecule has 0 radical (unpaired) electrons. The summed E-state index contributed by atoms with van der Waals surface area (Å²) in [4.78, 5) is 39.9. The van der Waals surface area contributed by atoms with Gasteiger partial charge in [-0.25, -0.2) is 0 Å². The molecule has 0 spiro atoms. The van der Waals surface area contributed by atoms with Crippen LogP contribution in [0.3, 0.4) is 0 Å². The van der Waals surface area contributed by atoms with Crippen LogP contribution in [0.25, 0.3) is 0 Å². The van der Waals surface area contributed by atoms with E-state index in [9.17, 15) is 19.5 Å². The summed E-state index contributed by atoms with van der Waals surface area (Å²) in [5, 5.41) is 18.4. The lowest BCUT2D eigenvalue weighted by molar-refractivity contribution is -0.240. The van der Waals surface area contributed by atoms with Gasteiger partial charge in [-0.2, -0.15) is 0 Å². The number of rotatable bonds is 24. The number of hydrogen-bond donors (Lipinski definition) is 2. The fourth-order valence-electron chi connectivity index (χ4n) is 9.72. The number of ether oxygens (including phenoxy) is 5. The molecule has 7 unspecified atom stereocenters. The van der Waals surface area contributed by atoms with Crippen LogP contribution in [0, 0.1) is 47.3 Å². The molecule has 410 valence electrons. The molecule has 2 heterocycles. The van der Waals surface area contributed by atoms with Crippen LogP contribution in [0.5, 0.6) is 0 Å².